The summed E-state index contributed by atoms with van der Waals surface area (Å²) in [7, 11) is -3.84. The van der Waals surface area contributed by atoms with Crippen molar-refractivity contribution in [2.45, 2.75) is 24.8 Å². The maximum absolute atomic E-state index is 12.3. The number of primary amides is 1. The van der Waals surface area contributed by atoms with Crippen LogP contribution in [0.25, 0.3) is 0 Å². The predicted molar refractivity (Wildman–Crippen MR) is 72.6 cm³/mol. The summed E-state index contributed by atoms with van der Waals surface area (Å²) >= 11 is 0. The van der Waals surface area contributed by atoms with Gasteiger partial charge in [-0.15, -0.1) is 10.2 Å². The number of sulfonamides is 1. The number of nitrogens with two attached hydrogens (primary N) is 1. The van der Waals surface area contributed by atoms with Crippen LogP contribution in [0.5, 0.6) is 0 Å². The van der Waals surface area contributed by atoms with Crippen molar-refractivity contribution in [2.75, 3.05) is 0 Å². The Morgan fingerprint density at radius 1 is 1.43 bits per heavy atom. The minimum atomic E-state index is -3.84. The maximum atomic E-state index is 12.3. The average Bonchev–Trinajstić information content (AvgIpc) is 2.92. The maximum Gasteiger partial charge on any atom is 0.249 e. The van der Waals surface area contributed by atoms with Crippen LogP contribution in [-0.2, 0) is 10.0 Å². The van der Waals surface area contributed by atoms with E-state index in [0.717, 1.165) is 0 Å². The van der Waals surface area contributed by atoms with E-state index >= 15 is 0 Å². The Hall–Kier alpha value is -2.33. The third kappa shape index (κ3) is 3.23. The van der Waals surface area contributed by atoms with Crippen molar-refractivity contribution in [3.05, 3.63) is 35.2 Å². The smallest absolute Gasteiger partial charge is 0.249 e. The second kappa shape index (κ2) is 5.58. The number of tetrazole rings is 1. The number of carbonyl (C=O) groups excluding carboxylic acids is 1. The molecule has 2 rings (SSSR count). The molecule has 21 heavy (non-hydrogen) atoms. The van der Waals surface area contributed by atoms with Gasteiger partial charge in [0.05, 0.1) is 10.9 Å². The van der Waals surface area contributed by atoms with Gasteiger partial charge in [-0.2, -0.15) is 5.21 Å². The van der Waals surface area contributed by atoms with E-state index in [1.165, 1.54) is 18.2 Å². The number of aromatic amines is 1. The molecule has 1 amide bonds. The molecule has 112 valence electrons. The van der Waals surface area contributed by atoms with E-state index < -0.39 is 22.0 Å². The third-order valence-electron chi connectivity index (χ3n) is 2.87. The Labute approximate surface area is 121 Å². The normalized spacial score (nSPS) is 13.0. The molecule has 0 bridgehead atoms. The molecular formula is C11H14N6O3S. The molecule has 0 aliphatic rings. The molecule has 0 spiro atoms. The van der Waals surface area contributed by atoms with Gasteiger partial charge >= 0.3 is 0 Å². The average molecular weight is 310 g/mol. The Kier molecular flexibility index (Phi) is 4.00. The molecule has 1 aromatic heterocycles. The van der Waals surface area contributed by atoms with Crippen LogP contribution in [-0.4, -0.2) is 34.9 Å². The molecule has 1 unspecified atom stereocenters. The van der Waals surface area contributed by atoms with Crippen molar-refractivity contribution in [3.63, 3.8) is 0 Å². The van der Waals surface area contributed by atoms with Crippen LogP contribution in [0.15, 0.2) is 23.1 Å². The van der Waals surface area contributed by atoms with Gasteiger partial charge in [0.15, 0.2) is 5.82 Å². The van der Waals surface area contributed by atoms with Crippen molar-refractivity contribution in [3.8, 4) is 0 Å². The second-order valence-corrected chi connectivity index (χ2v) is 6.17. The molecule has 0 fully saturated rings. The third-order valence-corrected chi connectivity index (χ3v) is 4.40. The highest BCUT2D eigenvalue weighted by molar-refractivity contribution is 7.89. The fourth-order valence-electron chi connectivity index (χ4n) is 1.74. The van der Waals surface area contributed by atoms with Crippen molar-refractivity contribution >= 4 is 15.9 Å². The van der Waals surface area contributed by atoms with E-state index in [0.29, 0.717) is 5.56 Å². The van der Waals surface area contributed by atoms with Gasteiger partial charge in [-0.1, -0.05) is 11.3 Å². The molecule has 1 heterocycles. The van der Waals surface area contributed by atoms with Crippen LogP contribution in [0, 0.1) is 6.92 Å². The van der Waals surface area contributed by atoms with Gasteiger partial charge in [-0.3, -0.25) is 4.79 Å². The van der Waals surface area contributed by atoms with Crippen molar-refractivity contribution in [1.82, 2.24) is 25.3 Å². The zero-order chi connectivity index (χ0) is 15.6. The summed E-state index contributed by atoms with van der Waals surface area (Å²) in [6.07, 6.45) is 0. The van der Waals surface area contributed by atoms with Crippen molar-refractivity contribution in [2.24, 2.45) is 5.73 Å². The first-order chi connectivity index (χ1) is 9.81. The molecule has 0 saturated heterocycles. The number of aromatic nitrogens is 4. The van der Waals surface area contributed by atoms with Crippen LogP contribution in [0.1, 0.15) is 34.7 Å². The quantitative estimate of drug-likeness (QED) is 0.688. The molecule has 10 heteroatoms. The minimum absolute atomic E-state index is 0.0581. The highest BCUT2D eigenvalue weighted by atomic mass is 32.2. The number of aryl methyl sites for hydroxylation is 1. The minimum Gasteiger partial charge on any atom is -0.366 e. The number of carbonyl (C=O) groups is 1. The Bertz CT molecular complexity index is 756. The summed E-state index contributed by atoms with van der Waals surface area (Å²) < 4.78 is 26.9. The SMILES string of the molecule is Cc1ccc(S(=O)(=O)NC(C)c2nn[nH]n2)cc1C(N)=O. The summed E-state index contributed by atoms with van der Waals surface area (Å²) in [5.41, 5.74) is 5.98. The van der Waals surface area contributed by atoms with Gasteiger partial charge in [0.25, 0.3) is 0 Å². The summed E-state index contributed by atoms with van der Waals surface area (Å²) in [5, 5.41) is 13.0. The van der Waals surface area contributed by atoms with Crippen LogP contribution in [0.2, 0.25) is 0 Å². The molecule has 1 aromatic carbocycles. The van der Waals surface area contributed by atoms with Gasteiger partial charge in [0.1, 0.15) is 0 Å². The van der Waals surface area contributed by atoms with Gasteiger partial charge < -0.3 is 5.73 Å². The molecule has 1 atom stereocenters. The zero-order valence-corrected chi connectivity index (χ0v) is 12.2. The molecule has 0 saturated carbocycles. The number of hydrogen-bond donors (Lipinski definition) is 3. The van der Waals surface area contributed by atoms with Crippen molar-refractivity contribution < 1.29 is 13.2 Å². The number of nitrogens with one attached hydrogen (secondary N) is 2. The lowest BCUT2D eigenvalue weighted by molar-refractivity contribution is 0.0999. The Balaban J connectivity index is 2.32. The van der Waals surface area contributed by atoms with Gasteiger partial charge in [0.2, 0.25) is 15.9 Å². The highest BCUT2D eigenvalue weighted by Gasteiger charge is 2.22. The molecular weight excluding hydrogens is 296 g/mol. The number of hydrogen-bond acceptors (Lipinski definition) is 6. The van der Waals surface area contributed by atoms with Crippen LogP contribution >= 0.6 is 0 Å². The highest BCUT2D eigenvalue weighted by Crippen LogP contribution is 2.17. The molecule has 0 aliphatic heterocycles. The number of amides is 1. The lowest BCUT2D eigenvalue weighted by Crippen LogP contribution is -2.28. The second-order valence-electron chi connectivity index (χ2n) is 4.45. The summed E-state index contributed by atoms with van der Waals surface area (Å²) in [4.78, 5) is 11.2. The zero-order valence-electron chi connectivity index (χ0n) is 11.4. The monoisotopic (exact) mass is 310 g/mol. The topological polar surface area (TPSA) is 144 Å². The lowest BCUT2D eigenvalue weighted by atomic mass is 10.1. The summed E-state index contributed by atoms with van der Waals surface area (Å²) in [6, 6.07) is 3.48. The van der Waals surface area contributed by atoms with E-state index in [1.54, 1.807) is 13.8 Å². The van der Waals surface area contributed by atoms with E-state index in [2.05, 4.69) is 25.3 Å². The van der Waals surface area contributed by atoms with E-state index in [9.17, 15) is 13.2 Å². The van der Waals surface area contributed by atoms with Gasteiger partial charge in [-0.05, 0) is 31.5 Å². The summed E-state index contributed by atoms with van der Waals surface area (Å²) in [6.45, 7) is 3.25. The van der Waals surface area contributed by atoms with E-state index in [4.69, 9.17) is 5.73 Å². The first-order valence-electron chi connectivity index (χ1n) is 5.97. The fourth-order valence-corrected chi connectivity index (χ4v) is 2.97. The first kappa shape index (κ1) is 15.1. The van der Waals surface area contributed by atoms with E-state index in [-0.39, 0.29) is 16.3 Å². The van der Waals surface area contributed by atoms with Crippen LogP contribution in [0.4, 0.5) is 0 Å². The largest absolute Gasteiger partial charge is 0.366 e. The molecule has 4 N–H and O–H groups in total. The molecule has 9 nitrogen and oxygen atoms in total. The Morgan fingerprint density at radius 3 is 2.71 bits per heavy atom. The molecule has 0 aliphatic carbocycles. The molecule has 0 radical (unpaired) electrons. The van der Waals surface area contributed by atoms with Gasteiger partial charge in [-0.25, -0.2) is 13.1 Å². The lowest BCUT2D eigenvalue weighted by Gasteiger charge is -2.12. The van der Waals surface area contributed by atoms with Crippen molar-refractivity contribution in [1.29, 1.82) is 0 Å². The Morgan fingerprint density at radius 2 is 2.14 bits per heavy atom. The number of H-pyrrole nitrogens is 1. The standard InChI is InChI=1S/C11H14N6O3S/c1-6-3-4-8(5-9(6)10(12)18)21(19,20)15-7(2)11-13-16-17-14-11/h3-5,7,15H,1-2H3,(H2,12,18)(H,13,14,16,17). The number of rotatable bonds is 5. The molecule has 2 aromatic rings. The number of benzene rings is 1. The van der Waals surface area contributed by atoms with Crippen LogP contribution < -0.4 is 10.5 Å². The van der Waals surface area contributed by atoms with E-state index in [1.807, 2.05) is 0 Å². The fraction of sp³-hybridized carbons (Fsp3) is 0.273. The van der Waals surface area contributed by atoms with Crippen LogP contribution in [0.3, 0.4) is 0 Å². The number of nitrogens with zero attached hydrogens (tertiary/aromatic N) is 3. The first-order valence-corrected chi connectivity index (χ1v) is 7.45. The predicted octanol–water partition coefficient (Wildman–Crippen LogP) is -0.353. The summed E-state index contributed by atoms with van der Waals surface area (Å²) in [5.74, 6) is -0.475. The van der Waals surface area contributed by atoms with Gasteiger partial charge in [0, 0.05) is 5.56 Å².